The highest BCUT2D eigenvalue weighted by Gasteiger charge is 2.06. The van der Waals surface area contributed by atoms with E-state index in [1.54, 1.807) is 0 Å². The van der Waals surface area contributed by atoms with Crippen LogP contribution in [-0.4, -0.2) is 17.6 Å². The van der Waals surface area contributed by atoms with Gasteiger partial charge in [-0.05, 0) is 33.1 Å². The Morgan fingerprint density at radius 1 is 1.27 bits per heavy atom. The molecule has 3 heteroatoms. The maximum atomic E-state index is 4.44. The highest BCUT2D eigenvalue weighted by Crippen LogP contribution is 2.17. The number of thiazole rings is 1. The van der Waals surface area contributed by atoms with Gasteiger partial charge in [0.2, 0.25) is 0 Å². The molecule has 0 unspecified atom stereocenters. The quantitative estimate of drug-likeness (QED) is 0.806. The Bertz CT molecular complexity index is 290. The van der Waals surface area contributed by atoms with Crippen molar-refractivity contribution in [3.8, 4) is 0 Å². The van der Waals surface area contributed by atoms with Crippen LogP contribution in [0.25, 0.3) is 0 Å². The Labute approximate surface area is 97.1 Å². The fourth-order valence-corrected chi connectivity index (χ4v) is 2.71. The maximum absolute atomic E-state index is 4.44. The molecule has 0 aliphatic carbocycles. The summed E-state index contributed by atoms with van der Waals surface area (Å²) in [5, 5.41) is 4.77. The van der Waals surface area contributed by atoms with Crippen LogP contribution < -0.4 is 5.32 Å². The molecule has 0 fully saturated rings. The van der Waals surface area contributed by atoms with Crippen molar-refractivity contribution in [2.24, 2.45) is 0 Å². The summed E-state index contributed by atoms with van der Waals surface area (Å²) in [6.45, 7) is 9.74. The van der Waals surface area contributed by atoms with Crippen molar-refractivity contribution in [1.29, 1.82) is 0 Å². The third kappa shape index (κ3) is 3.92. The Kier molecular flexibility index (Phi) is 5.26. The monoisotopic (exact) mass is 226 g/mol. The summed E-state index contributed by atoms with van der Waals surface area (Å²) in [7, 11) is 0. The normalized spacial score (nSPS) is 11.3. The average Bonchev–Trinajstić information content (AvgIpc) is 2.52. The molecule has 15 heavy (non-hydrogen) atoms. The molecule has 0 radical (unpaired) electrons. The van der Waals surface area contributed by atoms with E-state index in [0.29, 0.717) is 6.04 Å². The summed E-state index contributed by atoms with van der Waals surface area (Å²) in [6, 6.07) is 0.680. The second-order valence-corrected chi connectivity index (χ2v) is 5.25. The van der Waals surface area contributed by atoms with Gasteiger partial charge < -0.3 is 5.32 Å². The average molecular weight is 226 g/mol. The van der Waals surface area contributed by atoms with Gasteiger partial charge in [0.05, 0.1) is 10.7 Å². The summed E-state index contributed by atoms with van der Waals surface area (Å²) in [5.74, 6) is 0. The van der Waals surface area contributed by atoms with Gasteiger partial charge in [0, 0.05) is 17.5 Å². The topological polar surface area (TPSA) is 24.9 Å². The molecule has 1 rings (SSSR count). The number of hydrogen-bond acceptors (Lipinski definition) is 3. The Balaban J connectivity index is 2.34. The molecule has 0 saturated carbocycles. The molecule has 2 nitrogen and oxygen atoms in total. The van der Waals surface area contributed by atoms with E-state index in [1.807, 2.05) is 11.3 Å². The molecule has 1 heterocycles. The number of rotatable bonds is 6. The fourth-order valence-electron chi connectivity index (χ4n) is 1.77. The van der Waals surface area contributed by atoms with E-state index in [2.05, 4.69) is 38.0 Å². The lowest BCUT2D eigenvalue weighted by molar-refractivity contribution is 0.488. The van der Waals surface area contributed by atoms with Gasteiger partial charge in [-0.25, -0.2) is 4.98 Å². The van der Waals surface area contributed by atoms with Crippen LogP contribution in [0.1, 0.15) is 42.3 Å². The van der Waals surface area contributed by atoms with E-state index in [9.17, 15) is 0 Å². The molecule has 1 N–H and O–H groups in total. The smallest absolute Gasteiger partial charge is 0.0900 e. The molecule has 0 saturated heterocycles. The number of aryl methyl sites for hydroxylation is 2. The third-order valence-electron chi connectivity index (χ3n) is 2.77. The van der Waals surface area contributed by atoms with Crippen molar-refractivity contribution >= 4 is 11.3 Å². The van der Waals surface area contributed by atoms with Crippen LogP contribution in [-0.2, 0) is 6.42 Å². The highest BCUT2D eigenvalue weighted by atomic mass is 32.1. The van der Waals surface area contributed by atoms with Gasteiger partial charge in [0.15, 0.2) is 0 Å². The zero-order valence-electron chi connectivity index (χ0n) is 10.3. The van der Waals surface area contributed by atoms with Gasteiger partial charge in [-0.15, -0.1) is 11.3 Å². The van der Waals surface area contributed by atoms with Crippen molar-refractivity contribution in [2.75, 3.05) is 6.54 Å². The lowest BCUT2D eigenvalue weighted by Gasteiger charge is -2.13. The minimum absolute atomic E-state index is 0.680. The fraction of sp³-hybridized carbons (Fsp3) is 0.750. The first-order chi connectivity index (χ1) is 7.17. The van der Waals surface area contributed by atoms with Crippen LogP contribution in [0.15, 0.2) is 0 Å². The highest BCUT2D eigenvalue weighted by molar-refractivity contribution is 7.11. The van der Waals surface area contributed by atoms with Crippen LogP contribution in [0, 0.1) is 13.8 Å². The van der Waals surface area contributed by atoms with Crippen molar-refractivity contribution in [2.45, 2.75) is 53.0 Å². The Hall–Kier alpha value is -0.410. The van der Waals surface area contributed by atoms with Gasteiger partial charge in [0.1, 0.15) is 0 Å². The zero-order valence-corrected chi connectivity index (χ0v) is 11.1. The van der Waals surface area contributed by atoms with Gasteiger partial charge in [-0.3, -0.25) is 0 Å². The lowest BCUT2D eigenvalue weighted by atomic mass is 10.1. The minimum atomic E-state index is 0.680. The first-order valence-corrected chi connectivity index (χ1v) is 6.65. The van der Waals surface area contributed by atoms with Crippen molar-refractivity contribution in [3.05, 3.63) is 15.6 Å². The van der Waals surface area contributed by atoms with Crippen molar-refractivity contribution < 1.29 is 0 Å². The van der Waals surface area contributed by atoms with E-state index in [1.165, 1.54) is 28.4 Å². The summed E-state index contributed by atoms with van der Waals surface area (Å²) in [6.07, 6.45) is 3.56. The second kappa shape index (κ2) is 6.23. The molecule has 0 atom stereocenters. The van der Waals surface area contributed by atoms with Crippen LogP contribution in [0.4, 0.5) is 0 Å². The lowest BCUT2D eigenvalue weighted by Crippen LogP contribution is -2.29. The van der Waals surface area contributed by atoms with E-state index in [4.69, 9.17) is 0 Å². The number of nitrogens with zero attached hydrogens (tertiary/aromatic N) is 1. The van der Waals surface area contributed by atoms with E-state index < -0.39 is 0 Å². The van der Waals surface area contributed by atoms with Gasteiger partial charge in [-0.2, -0.15) is 0 Å². The molecule has 0 aliphatic rings. The molecule has 0 aliphatic heterocycles. The summed E-state index contributed by atoms with van der Waals surface area (Å²) >= 11 is 1.83. The standard InChI is InChI=1S/C12H22N2S/c1-5-11(6-2)13-8-7-12-9(3)14-10(4)15-12/h11,13H,5-8H2,1-4H3. The van der Waals surface area contributed by atoms with Crippen LogP contribution in [0.3, 0.4) is 0 Å². The number of aromatic nitrogens is 1. The van der Waals surface area contributed by atoms with Gasteiger partial charge in [0.25, 0.3) is 0 Å². The maximum Gasteiger partial charge on any atom is 0.0900 e. The molecule has 0 amide bonds. The van der Waals surface area contributed by atoms with Crippen molar-refractivity contribution in [1.82, 2.24) is 10.3 Å². The molecular formula is C12H22N2S. The second-order valence-electron chi connectivity index (χ2n) is 3.96. The largest absolute Gasteiger partial charge is 0.314 e. The summed E-state index contributed by atoms with van der Waals surface area (Å²) in [5.41, 5.74) is 1.21. The third-order valence-corrected chi connectivity index (χ3v) is 3.90. The molecular weight excluding hydrogens is 204 g/mol. The molecule has 86 valence electrons. The number of nitrogens with one attached hydrogen (secondary N) is 1. The first kappa shape index (κ1) is 12.7. The molecule has 0 spiro atoms. The van der Waals surface area contributed by atoms with E-state index >= 15 is 0 Å². The Morgan fingerprint density at radius 3 is 2.40 bits per heavy atom. The minimum Gasteiger partial charge on any atom is -0.314 e. The Morgan fingerprint density at radius 2 is 1.93 bits per heavy atom. The van der Waals surface area contributed by atoms with Crippen LogP contribution in [0.5, 0.6) is 0 Å². The summed E-state index contributed by atoms with van der Waals surface area (Å²) < 4.78 is 0. The molecule has 0 bridgehead atoms. The molecule has 1 aromatic heterocycles. The van der Waals surface area contributed by atoms with Crippen molar-refractivity contribution in [3.63, 3.8) is 0 Å². The predicted molar refractivity (Wildman–Crippen MR) is 67.7 cm³/mol. The van der Waals surface area contributed by atoms with Gasteiger partial charge in [-0.1, -0.05) is 13.8 Å². The van der Waals surface area contributed by atoms with Crippen LogP contribution in [0.2, 0.25) is 0 Å². The number of hydrogen-bond donors (Lipinski definition) is 1. The van der Waals surface area contributed by atoms with E-state index in [-0.39, 0.29) is 0 Å². The molecule has 0 aromatic carbocycles. The zero-order chi connectivity index (χ0) is 11.3. The van der Waals surface area contributed by atoms with Gasteiger partial charge >= 0.3 is 0 Å². The molecule has 1 aromatic rings. The van der Waals surface area contributed by atoms with E-state index in [0.717, 1.165) is 13.0 Å². The predicted octanol–water partition coefficient (Wildman–Crippen LogP) is 3.08. The first-order valence-electron chi connectivity index (χ1n) is 5.83. The van der Waals surface area contributed by atoms with Crippen LogP contribution >= 0.6 is 11.3 Å². The SMILES string of the molecule is CCC(CC)NCCc1sc(C)nc1C. The summed E-state index contributed by atoms with van der Waals surface area (Å²) in [4.78, 5) is 5.88.